The number of halogens is 1. The standard InChI is InChI=1S/C30H30FN3O4S/c1-19(2)13-28(35)34-11-10-20-8-9-23(15-25(20)29(34)21-5-3-6-22(31)14-21)38-17-27-33-26(18-39-27)30(36)32-16-24-7-4-12-37-24/h3-9,12,14-15,18-19,29H,10-11,13,16-17H2,1-2H3,(H,32,36)/t29-/m1/s1. The third-order valence-corrected chi connectivity index (χ3v) is 7.39. The van der Waals surface area contributed by atoms with Crippen LogP contribution < -0.4 is 10.1 Å². The van der Waals surface area contributed by atoms with Crippen LogP contribution in [0.4, 0.5) is 4.39 Å². The topological polar surface area (TPSA) is 84.7 Å². The fourth-order valence-electron chi connectivity index (χ4n) is 4.75. The van der Waals surface area contributed by atoms with Gasteiger partial charge in [0.05, 0.1) is 18.8 Å². The van der Waals surface area contributed by atoms with Crippen LogP contribution in [0.3, 0.4) is 0 Å². The van der Waals surface area contributed by atoms with E-state index in [-0.39, 0.29) is 36.7 Å². The molecule has 9 heteroatoms. The van der Waals surface area contributed by atoms with Crippen molar-refractivity contribution < 1.29 is 23.1 Å². The van der Waals surface area contributed by atoms with Gasteiger partial charge in [0.15, 0.2) is 0 Å². The van der Waals surface area contributed by atoms with Gasteiger partial charge in [0.25, 0.3) is 5.91 Å². The van der Waals surface area contributed by atoms with Crippen LogP contribution in [-0.2, 0) is 24.4 Å². The third kappa shape index (κ3) is 6.37. The fraction of sp³-hybridized carbons (Fsp3) is 0.300. The van der Waals surface area contributed by atoms with Crippen molar-refractivity contribution in [1.29, 1.82) is 0 Å². The van der Waals surface area contributed by atoms with Gasteiger partial charge in [-0.25, -0.2) is 9.37 Å². The minimum atomic E-state index is -0.399. The molecular weight excluding hydrogens is 517 g/mol. The first-order valence-electron chi connectivity index (χ1n) is 12.9. The Morgan fingerprint density at radius 2 is 2.08 bits per heavy atom. The average Bonchev–Trinajstić information content (AvgIpc) is 3.62. The molecule has 1 aliphatic rings. The van der Waals surface area contributed by atoms with Crippen molar-refractivity contribution in [3.05, 3.63) is 105 Å². The highest BCUT2D eigenvalue weighted by Crippen LogP contribution is 2.38. The molecule has 1 N–H and O–H groups in total. The quantitative estimate of drug-likeness (QED) is 0.282. The lowest BCUT2D eigenvalue weighted by molar-refractivity contribution is -0.134. The number of fused-ring (bicyclic) bond motifs is 1. The van der Waals surface area contributed by atoms with E-state index in [4.69, 9.17) is 9.15 Å². The zero-order valence-corrected chi connectivity index (χ0v) is 22.7. The fourth-order valence-corrected chi connectivity index (χ4v) is 5.44. The van der Waals surface area contributed by atoms with E-state index in [0.29, 0.717) is 41.6 Å². The number of hydrogen-bond donors (Lipinski definition) is 1. The van der Waals surface area contributed by atoms with Crippen LogP contribution in [0.1, 0.15) is 64.3 Å². The number of hydrogen-bond acceptors (Lipinski definition) is 6. The molecule has 39 heavy (non-hydrogen) atoms. The van der Waals surface area contributed by atoms with E-state index in [1.54, 1.807) is 29.8 Å². The second kappa shape index (κ2) is 11.8. The van der Waals surface area contributed by atoms with Gasteiger partial charge < -0.3 is 19.4 Å². The van der Waals surface area contributed by atoms with Crippen molar-refractivity contribution in [2.75, 3.05) is 6.54 Å². The van der Waals surface area contributed by atoms with Gasteiger partial charge >= 0.3 is 0 Å². The van der Waals surface area contributed by atoms with Crippen molar-refractivity contribution in [1.82, 2.24) is 15.2 Å². The molecule has 0 spiro atoms. The summed E-state index contributed by atoms with van der Waals surface area (Å²) in [5.74, 6) is 0.930. The van der Waals surface area contributed by atoms with E-state index < -0.39 is 6.04 Å². The van der Waals surface area contributed by atoms with Crippen molar-refractivity contribution >= 4 is 23.2 Å². The molecule has 4 aromatic rings. The summed E-state index contributed by atoms with van der Waals surface area (Å²) in [7, 11) is 0. The van der Waals surface area contributed by atoms with Gasteiger partial charge in [-0.3, -0.25) is 9.59 Å². The smallest absolute Gasteiger partial charge is 0.271 e. The minimum Gasteiger partial charge on any atom is -0.486 e. The van der Waals surface area contributed by atoms with Gasteiger partial charge in [-0.1, -0.05) is 32.0 Å². The van der Waals surface area contributed by atoms with E-state index in [2.05, 4.69) is 10.3 Å². The van der Waals surface area contributed by atoms with Crippen molar-refractivity contribution in [3.63, 3.8) is 0 Å². The number of carbonyl (C=O) groups is 2. The largest absolute Gasteiger partial charge is 0.486 e. The maximum atomic E-state index is 14.2. The summed E-state index contributed by atoms with van der Waals surface area (Å²) in [4.78, 5) is 31.9. The molecule has 5 rings (SSSR count). The second-order valence-electron chi connectivity index (χ2n) is 9.93. The highest BCUT2D eigenvalue weighted by Gasteiger charge is 2.32. The first-order valence-corrected chi connectivity index (χ1v) is 13.8. The zero-order chi connectivity index (χ0) is 27.4. The van der Waals surface area contributed by atoms with Gasteiger partial charge in [-0.15, -0.1) is 11.3 Å². The Labute approximate surface area is 230 Å². The number of nitrogens with zero attached hydrogens (tertiary/aromatic N) is 2. The summed E-state index contributed by atoms with van der Waals surface area (Å²) in [6.45, 7) is 5.09. The first kappa shape index (κ1) is 26.6. The SMILES string of the molecule is CC(C)CC(=O)N1CCc2ccc(OCc3nc(C(=O)NCc4ccco4)cs3)cc2[C@H]1c1cccc(F)c1. The molecule has 2 aromatic carbocycles. The number of ether oxygens (including phenoxy) is 1. The van der Waals surface area contributed by atoms with E-state index in [0.717, 1.165) is 16.7 Å². The van der Waals surface area contributed by atoms with E-state index >= 15 is 0 Å². The highest BCUT2D eigenvalue weighted by molar-refractivity contribution is 7.09. The minimum absolute atomic E-state index is 0.0527. The number of carbonyl (C=O) groups excluding carboxylic acids is 2. The maximum Gasteiger partial charge on any atom is 0.271 e. The molecule has 1 aliphatic heterocycles. The molecule has 3 heterocycles. The number of aromatic nitrogens is 1. The lowest BCUT2D eigenvalue weighted by Gasteiger charge is -2.38. The predicted molar refractivity (Wildman–Crippen MR) is 146 cm³/mol. The molecule has 0 unspecified atom stereocenters. The number of amides is 2. The Hall–Kier alpha value is -3.98. The molecule has 0 saturated carbocycles. The molecule has 202 valence electrons. The molecule has 0 radical (unpaired) electrons. The van der Waals surface area contributed by atoms with Crippen LogP contribution >= 0.6 is 11.3 Å². The predicted octanol–water partition coefficient (Wildman–Crippen LogP) is 5.90. The summed E-state index contributed by atoms with van der Waals surface area (Å²) in [5.41, 5.74) is 3.09. The number of nitrogens with one attached hydrogen (secondary N) is 1. The summed E-state index contributed by atoms with van der Waals surface area (Å²) < 4.78 is 25.5. The molecule has 2 amide bonds. The molecule has 2 aromatic heterocycles. The van der Waals surface area contributed by atoms with E-state index in [1.165, 1.54) is 23.5 Å². The molecule has 0 saturated heterocycles. The van der Waals surface area contributed by atoms with Crippen molar-refractivity contribution in [2.24, 2.45) is 5.92 Å². The Balaban J connectivity index is 1.32. The molecular formula is C30H30FN3O4S. The number of benzene rings is 2. The number of thiazole rings is 1. The number of rotatable bonds is 9. The van der Waals surface area contributed by atoms with Crippen LogP contribution in [0, 0.1) is 11.7 Å². The van der Waals surface area contributed by atoms with Gasteiger partial charge in [-0.05, 0) is 65.4 Å². The Kier molecular flexibility index (Phi) is 8.07. The van der Waals surface area contributed by atoms with Gasteiger partial charge in [0.1, 0.15) is 34.6 Å². The second-order valence-corrected chi connectivity index (χ2v) is 10.9. The van der Waals surface area contributed by atoms with E-state index in [9.17, 15) is 14.0 Å². The molecule has 7 nitrogen and oxygen atoms in total. The van der Waals surface area contributed by atoms with Crippen LogP contribution in [0.25, 0.3) is 0 Å². The molecule has 1 atom stereocenters. The average molecular weight is 548 g/mol. The lowest BCUT2D eigenvalue weighted by Crippen LogP contribution is -2.41. The molecule has 0 aliphatic carbocycles. The third-order valence-electron chi connectivity index (χ3n) is 6.56. The van der Waals surface area contributed by atoms with Crippen molar-refractivity contribution in [2.45, 2.75) is 45.9 Å². The Morgan fingerprint density at radius 3 is 2.85 bits per heavy atom. The zero-order valence-electron chi connectivity index (χ0n) is 21.9. The van der Waals surface area contributed by atoms with E-state index in [1.807, 2.05) is 43.0 Å². The Bertz CT molecular complexity index is 1450. The summed E-state index contributed by atoms with van der Waals surface area (Å²) in [6, 6.07) is 15.4. The van der Waals surface area contributed by atoms with Crippen LogP contribution in [0.15, 0.2) is 70.7 Å². The molecule has 0 fully saturated rings. The number of furan rings is 1. The van der Waals surface area contributed by atoms with Crippen LogP contribution in [0.5, 0.6) is 5.75 Å². The van der Waals surface area contributed by atoms with Crippen molar-refractivity contribution in [3.8, 4) is 5.75 Å². The van der Waals surface area contributed by atoms with Gasteiger partial charge in [0, 0.05) is 18.3 Å². The van der Waals surface area contributed by atoms with Crippen LogP contribution in [0.2, 0.25) is 0 Å². The Morgan fingerprint density at radius 1 is 1.21 bits per heavy atom. The van der Waals surface area contributed by atoms with Gasteiger partial charge in [-0.2, -0.15) is 0 Å². The monoisotopic (exact) mass is 547 g/mol. The van der Waals surface area contributed by atoms with Gasteiger partial charge in [0.2, 0.25) is 5.91 Å². The summed E-state index contributed by atoms with van der Waals surface area (Å²) >= 11 is 1.34. The summed E-state index contributed by atoms with van der Waals surface area (Å²) in [5, 5.41) is 5.14. The summed E-state index contributed by atoms with van der Waals surface area (Å²) in [6.07, 6.45) is 2.70. The normalized spacial score (nSPS) is 14.8. The first-order chi connectivity index (χ1) is 18.9. The molecule has 0 bridgehead atoms. The van der Waals surface area contributed by atoms with Crippen LogP contribution in [-0.4, -0.2) is 28.2 Å². The highest BCUT2D eigenvalue weighted by atomic mass is 32.1. The maximum absolute atomic E-state index is 14.2. The lowest BCUT2D eigenvalue weighted by atomic mass is 9.87.